The van der Waals surface area contributed by atoms with Crippen molar-refractivity contribution >= 4 is 39.5 Å². The van der Waals surface area contributed by atoms with Gasteiger partial charge in [-0.05, 0) is 148 Å². The maximum Gasteiger partial charge on any atom is 0.472 e. The summed E-state index contributed by atoms with van der Waals surface area (Å²) in [5.74, 6) is -2.29. The van der Waals surface area contributed by atoms with E-state index in [1.54, 1.807) is 0 Å². The summed E-state index contributed by atoms with van der Waals surface area (Å²) >= 11 is 0. The summed E-state index contributed by atoms with van der Waals surface area (Å²) in [6.45, 7) is 4.73. The number of esters is 4. The molecule has 0 aromatic carbocycles. The summed E-state index contributed by atoms with van der Waals surface area (Å²) in [6.07, 6.45) is 83.6. The van der Waals surface area contributed by atoms with Crippen LogP contribution in [-0.2, 0) is 65.4 Å². The van der Waals surface area contributed by atoms with Crippen LogP contribution < -0.4 is 0 Å². The Bertz CT molecular complexity index is 2390. The largest absolute Gasteiger partial charge is 0.472 e. The molecule has 0 fully saturated rings. The van der Waals surface area contributed by atoms with E-state index in [9.17, 15) is 43.2 Å². The highest BCUT2D eigenvalue weighted by atomic mass is 31.2. The van der Waals surface area contributed by atoms with Gasteiger partial charge in [-0.2, -0.15) is 0 Å². The number of phosphoric ester groups is 2. The molecule has 0 aromatic rings. The van der Waals surface area contributed by atoms with Gasteiger partial charge in [0, 0.05) is 25.7 Å². The van der Waals surface area contributed by atoms with Crippen molar-refractivity contribution in [2.45, 2.75) is 367 Å². The number of aliphatic hydroxyl groups excluding tert-OH is 1. The molecule has 600 valence electrons. The number of hydrogen-bond acceptors (Lipinski definition) is 15. The van der Waals surface area contributed by atoms with Crippen molar-refractivity contribution in [1.29, 1.82) is 0 Å². The number of aliphatic hydroxyl groups is 1. The monoisotopic (exact) mass is 1500 g/mol. The molecule has 3 N–H and O–H groups in total. The van der Waals surface area contributed by atoms with Crippen LogP contribution in [0.5, 0.6) is 0 Å². The average molecular weight is 1500 g/mol. The van der Waals surface area contributed by atoms with Crippen molar-refractivity contribution in [2.75, 3.05) is 39.6 Å². The molecule has 0 aromatic heterocycles. The van der Waals surface area contributed by atoms with E-state index in [4.69, 9.17) is 37.0 Å². The first-order valence-electron chi connectivity index (χ1n) is 41.1. The van der Waals surface area contributed by atoms with Gasteiger partial charge in [-0.25, -0.2) is 9.13 Å². The fourth-order valence-corrected chi connectivity index (χ4v) is 12.4. The van der Waals surface area contributed by atoms with Crippen molar-refractivity contribution < 1.29 is 80.2 Å². The molecule has 0 saturated heterocycles. The standard InChI is InChI=1S/C85H148O17P2/c1-5-9-13-17-21-25-29-33-37-38-39-40-44-48-52-56-60-64-68-72-85(90)102-81(76-96-83(88)70-66-62-58-54-50-46-42-35-31-27-23-19-15-11-7-3)78-100-104(93,94)98-74-79(86)73-97-103(91,92)99-77-80(101-84(89)71-67-63-59-55-51-47-43-36-32-28-24-20-16-12-8-4)75-95-82(87)69-65-61-57-53-49-45-41-34-30-26-22-18-14-10-6-2/h21-22,25-26,28,32-35,37,39-42,48,52,60,64,79-81,86H,5-20,23-24,27,29-31,36,38,43-47,49-51,53-59,61-63,65-78H2,1-4H3,(H,91,92)(H,93,94)/b25-21-,26-22-,32-28-,37-33-,40-39-,41-34-,42-35-,52-48-,64-60-/t79-,80-,81-/m1/s1. The fraction of sp³-hybridized carbons (Fsp3) is 0.741. The number of carbonyl (C=O) groups excluding carboxylic acids is 4. The Labute approximate surface area is 632 Å². The van der Waals surface area contributed by atoms with Gasteiger partial charge >= 0.3 is 39.5 Å². The predicted molar refractivity (Wildman–Crippen MR) is 427 cm³/mol. The molecular weight excluding hydrogens is 1350 g/mol. The molecule has 0 spiro atoms. The van der Waals surface area contributed by atoms with Gasteiger partial charge in [0.05, 0.1) is 26.4 Å². The molecule has 0 saturated carbocycles. The molecule has 0 aliphatic heterocycles. The van der Waals surface area contributed by atoms with E-state index in [0.717, 1.165) is 161 Å². The number of rotatable bonds is 77. The van der Waals surface area contributed by atoms with Crippen LogP contribution in [0, 0.1) is 0 Å². The zero-order valence-corrected chi connectivity index (χ0v) is 67.5. The van der Waals surface area contributed by atoms with Crippen LogP contribution in [0.1, 0.15) is 349 Å². The Morgan fingerprint density at radius 1 is 0.269 bits per heavy atom. The number of hydrogen-bond donors (Lipinski definition) is 3. The minimum atomic E-state index is -5.00. The van der Waals surface area contributed by atoms with Gasteiger partial charge in [-0.15, -0.1) is 0 Å². The van der Waals surface area contributed by atoms with Gasteiger partial charge in [0.15, 0.2) is 12.2 Å². The highest BCUT2D eigenvalue weighted by molar-refractivity contribution is 7.47. The number of carbonyl (C=O) groups is 4. The van der Waals surface area contributed by atoms with E-state index in [1.165, 1.54) is 103 Å². The SMILES string of the molecule is CCCCC/C=C\C/C=C\C/C=C\C/C=C\C/C=C\CCC(=O)O[C@H](COC(=O)CCCCCCC/C=C\CCCCCCCC)COP(=O)(O)OC[C@H](O)COP(=O)(O)OC[C@@H](COC(=O)CCCCCCC/C=C\C/C=C\CCCCC)OC(=O)CCCCCCCCC/C=C\CCCCCC. The summed E-state index contributed by atoms with van der Waals surface area (Å²) in [5.41, 5.74) is 0. The minimum absolute atomic E-state index is 0.0306. The molecule has 5 atom stereocenters. The second kappa shape index (κ2) is 76.9. The predicted octanol–water partition coefficient (Wildman–Crippen LogP) is 24.1. The molecule has 0 bridgehead atoms. The van der Waals surface area contributed by atoms with E-state index in [0.29, 0.717) is 32.1 Å². The van der Waals surface area contributed by atoms with Gasteiger partial charge in [0.2, 0.25) is 0 Å². The van der Waals surface area contributed by atoms with Gasteiger partial charge in [-0.3, -0.25) is 37.3 Å². The maximum absolute atomic E-state index is 13.1. The lowest BCUT2D eigenvalue weighted by molar-refractivity contribution is -0.161. The maximum atomic E-state index is 13.1. The molecule has 0 amide bonds. The van der Waals surface area contributed by atoms with Crippen molar-refractivity contribution in [3.05, 3.63) is 109 Å². The first-order valence-corrected chi connectivity index (χ1v) is 44.1. The normalized spacial score (nSPS) is 14.4. The lowest BCUT2D eigenvalue weighted by Gasteiger charge is -2.21. The zero-order chi connectivity index (χ0) is 76.0. The Balaban J connectivity index is 5.44. The smallest absolute Gasteiger partial charge is 0.462 e. The van der Waals surface area contributed by atoms with Crippen LogP contribution in [0.2, 0.25) is 0 Å². The summed E-state index contributed by atoms with van der Waals surface area (Å²) in [5, 5.41) is 10.6. The number of unbranched alkanes of at least 4 members (excludes halogenated alkanes) is 33. The Hall–Kier alpha value is -4.28. The fourth-order valence-electron chi connectivity index (χ4n) is 10.9. The minimum Gasteiger partial charge on any atom is -0.462 e. The van der Waals surface area contributed by atoms with Crippen LogP contribution in [0.15, 0.2) is 109 Å². The van der Waals surface area contributed by atoms with Crippen LogP contribution in [0.3, 0.4) is 0 Å². The average Bonchev–Trinajstić information content (AvgIpc) is 0.943. The van der Waals surface area contributed by atoms with Crippen LogP contribution in [-0.4, -0.2) is 96.7 Å². The van der Waals surface area contributed by atoms with Gasteiger partial charge in [0.25, 0.3) is 0 Å². The molecule has 0 rings (SSSR count). The summed E-state index contributed by atoms with van der Waals surface area (Å²) in [6, 6.07) is 0. The third-order valence-electron chi connectivity index (χ3n) is 17.2. The number of allylic oxidation sites excluding steroid dienone is 18. The van der Waals surface area contributed by atoms with Gasteiger partial charge < -0.3 is 33.8 Å². The Kier molecular flexibility index (Phi) is 73.7. The van der Waals surface area contributed by atoms with E-state index < -0.39 is 97.5 Å². The zero-order valence-electron chi connectivity index (χ0n) is 65.7. The van der Waals surface area contributed by atoms with Crippen molar-refractivity contribution in [2.24, 2.45) is 0 Å². The molecular formula is C85H148O17P2. The third kappa shape index (κ3) is 75.9. The second-order valence-corrected chi connectivity index (χ2v) is 30.3. The lowest BCUT2D eigenvalue weighted by Crippen LogP contribution is -2.30. The van der Waals surface area contributed by atoms with Crippen LogP contribution >= 0.6 is 15.6 Å². The van der Waals surface area contributed by atoms with Crippen molar-refractivity contribution in [3.63, 3.8) is 0 Å². The second-order valence-electron chi connectivity index (χ2n) is 27.3. The summed E-state index contributed by atoms with van der Waals surface area (Å²) < 4.78 is 68.6. The first kappa shape index (κ1) is 99.7. The van der Waals surface area contributed by atoms with Crippen LogP contribution in [0.25, 0.3) is 0 Å². The Morgan fingerprint density at radius 3 is 0.817 bits per heavy atom. The van der Waals surface area contributed by atoms with E-state index in [-0.39, 0.29) is 25.7 Å². The first-order chi connectivity index (χ1) is 50.7. The summed E-state index contributed by atoms with van der Waals surface area (Å²) in [7, 11) is -9.99. The third-order valence-corrected chi connectivity index (χ3v) is 19.1. The highest BCUT2D eigenvalue weighted by Gasteiger charge is 2.30. The molecule has 2 unspecified atom stereocenters. The highest BCUT2D eigenvalue weighted by Crippen LogP contribution is 2.45. The molecule has 17 nitrogen and oxygen atoms in total. The van der Waals surface area contributed by atoms with Gasteiger partial charge in [-0.1, -0.05) is 285 Å². The van der Waals surface area contributed by atoms with E-state index in [1.807, 2.05) is 18.2 Å². The Morgan fingerprint density at radius 2 is 0.490 bits per heavy atom. The van der Waals surface area contributed by atoms with E-state index >= 15 is 0 Å². The molecule has 0 aliphatic rings. The van der Waals surface area contributed by atoms with Crippen LogP contribution in [0.4, 0.5) is 0 Å². The molecule has 0 aliphatic carbocycles. The molecule has 0 heterocycles. The lowest BCUT2D eigenvalue weighted by atomic mass is 10.1. The van der Waals surface area contributed by atoms with E-state index in [2.05, 4.69) is 119 Å². The topological polar surface area (TPSA) is 237 Å². The summed E-state index contributed by atoms with van der Waals surface area (Å²) in [4.78, 5) is 73.0. The number of ether oxygens (including phenoxy) is 4. The molecule has 19 heteroatoms. The number of phosphoric acid groups is 2. The van der Waals surface area contributed by atoms with Crippen molar-refractivity contribution in [1.82, 2.24) is 0 Å². The van der Waals surface area contributed by atoms with Gasteiger partial charge in [0.1, 0.15) is 19.3 Å². The molecule has 0 radical (unpaired) electrons. The molecule has 104 heavy (non-hydrogen) atoms. The van der Waals surface area contributed by atoms with Crippen molar-refractivity contribution in [3.8, 4) is 0 Å². The quantitative estimate of drug-likeness (QED) is 0.0169.